The zero-order valence-electron chi connectivity index (χ0n) is 13.3. The molecule has 2 saturated heterocycles. The third-order valence-electron chi connectivity index (χ3n) is 4.56. The van der Waals surface area contributed by atoms with Gasteiger partial charge in [0.2, 0.25) is 0 Å². The molecule has 3 rings (SSSR count). The highest BCUT2D eigenvalue weighted by Crippen LogP contribution is 2.24. The van der Waals surface area contributed by atoms with Crippen LogP contribution in [0.5, 0.6) is 5.75 Å². The van der Waals surface area contributed by atoms with Gasteiger partial charge in [-0.15, -0.1) is 0 Å². The minimum absolute atomic E-state index is 0.327. The van der Waals surface area contributed by atoms with Crippen LogP contribution >= 0.6 is 11.6 Å². The largest absolute Gasteiger partial charge is 0.491 e. The summed E-state index contributed by atoms with van der Waals surface area (Å²) in [4.78, 5) is 4.94. The number of nitrogens with zero attached hydrogens (tertiary/aromatic N) is 2. The van der Waals surface area contributed by atoms with E-state index in [1.54, 1.807) is 6.07 Å². The van der Waals surface area contributed by atoms with Crippen molar-refractivity contribution in [2.45, 2.75) is 6.42 Å². The predicted octanol–water partition coefficient (Wildman–Crippen LogP) is 2.51. The molecule has 0 aliphatic carbocycles. The van der Waals surface area contributed by atoms with Crippen molar-refractivity contribution in [3.8, 4) is 5.75 Å². The van der Waals surface area contributed by atoms with Crippen LogP contribution in [0.3, 0.4) is 0 Å². The Hall–Kier alpha value is -0.880. The first kappa shape index (κ1) is 17.0. The van der Waals surface area contributed by atoms with E-state index in [-0.39, 0.29) is 5.82 Å². The number of halogens is 2. The van der Waals surface area contributed by atoms with Crippen LogP contribution in [-0.2, 0) is 4.74 Å². The molecule has 0 saturated carbocycles. The Balaban J connectivity index is 1.34. The Morgan fingerprint density at radius 1 is 1.22 bits per heavy atom. The lowest BCUT2D eigenvalue weighted by Crippen LogP contribution is -2.48. The third-order valence-corrected chi connectivity index (χ3v) is 4.86. The van der Waals surface area contributed by atoms with Gasteiger partial charge in [-0.05, 0) is 30.5 Å². The smallest absolute Gasteiger partial charge is 0.138 e. The molecule has 2 aliphatic rings. The fraction of sp³-hybridized carbons (Fsp3) is 0.647. The monoisotopic (exact) mass is 342 g/mol. The van der Waals surface area contributed by atoms with Crippen LogP contribution in [0.15, 0.2) is 18.2 Å². The van der Waals surface area contributed by atoms with Crippen molar-refractivity contribution in [3.63, 3.8) is 0 Å². The molecule has 1 aromatic rings. The Bertz CT molecular complexity index is 503. The molecular formula is C17H24ClFN2O2. The third kappa shape index (κ3) is 5.05. The average Bonchev–Trinajstić information content (AvgIpc) is 3.04. The standard InChI is InChI=1S/C17H24ClFN2O2/c18-16-11-15(19)1-2-17(16)23-10-8-20-4-6-21(7-5-20)12-14-3-9-22-13-14/h1-2,11,14H,3-10,12-13H2/t14-/m1/s1. The Kier molecular flexibility index (Phi) is 6.11. The first-order valence-corrected chi connectivity index (χ1v) is 8.69. The number of piperazine rings is 1. The zero-order valence-corrected chi connectivity index (χ0v) is 14.1. The van der Waals surface area contributed by atoms with Crippen molar-refractivity contribution < 1.29 is 13.9 Å². The normalized spacial score (nSPS) is 23.3. The van der Waals surface area contributed by atoms with E-state index in [2.05, 4.69) is 9.80 Å². The highest BCUT2D eigenvalue weighted by molar-refractivity contribution is 6.32. The Morgan fingerprint density at radius 2 is 2.00 bits per heavy atom. The topological polar surface area (TPSA) is 24.9 Å². The molecule has 0 spiro atoms. The van der Waals surface area contributed by atoms with Crippen LogP contribution in [0.2, 0.25) is 5.02 Å². The number of benzene rings is 1. The molecule has 0 bridgehead atoms. The van der Waals surface area contributed by atoms with Gasteiger partial charge in [0.05, 0.1) is 11.6 Å². The lowest BCUT2D eigenvalue weighted by Gasteiger charge is -2.35. The number of rotatable bonds is 6. The molecule has 0 N–H and O–H groups in total. The quantitative estimate of drug-likeness (QED) is 0.793. The maximum atomic E-state index is 13.0. The van der Waals surface area contributed by atoms with Crippen molar-refractivity contribution >= 4 is 11.6 Å². The maximum absolute atomic E-state index is 13.0. The summed E-state index contributed by atoms with van der Waals surface area (Å²) in [6.45, 7) is 8.79. The second kappa shape index (κ2) is 8.29. The van der Waals surface area contributed by atoms with Crippen molar-refractivity contribution in [3.05, 3.63) is 29.0 Å². The van der Waals surface area contributed by atoms with Gasteiger partial charge in [0.15, 0.2) is 0 Å². The first-order chi connectivity index (χ1) is 11.2. The maximum Gasteiger partial charge on any atom is 0.138 e. The van der Waals surface area contributed by atoms with E-state index >= 15 is 0 Å². The van der Waals surface area contributed by atoms with E-state index in [1.807, 2.05) is 0 Å². The van der Waals surface area contributed by atoms with E-state index in [1.165, 1.54) is 18.6 Å². The van der Waals surface area contributed by atoms with Crippen molar-refractivity contribution in [2.75, 3.05) is 59.1 Å². The summed E-state index contributed by atoms with van der Waals surface area (Å²) >= 11 is 5.96. The number of hydrogen-bond donors (Lipinski definition) is 0. The van der Waals surface area contributed by atoms with Gasteiger partial charge < -0.3 is 14.4 Å². The molecule has 6 heteroatoms. The van der Waals surface area contributed by atoms with E-state index < -0.39 is 0 Å². The Labute approximate surface area is 142 Å². The van der Waals surface area contributed by atoms with Gasteiger partial charge in [-0.25, -0.2) is 4.39 Å². The van der Waals surface area contributed by atoms with Crippen LogP contribution in [0.1, 0.15) is 6.42 Å². The van der Waals surface area contributed by atoms with E-state index in [0.717, 1.165) is 52.5 Å². The molecule has 1 atom stereocenters. The second-order valence-electron chi connectivity index (χ2n) is 6.30. The van der Waals surface area contributed by atoms with Crippen LogP contribution in [0.4, 0.5) is 4.39 Å². The van der Waals surface area contributed by atoms with Gasteiger partial charge in [-0.1, -0.05) is 11.6 Å². The molecule has 0 amide bonds. The van der Waals surface area contributed by atoms with E-state index in [4.69, 9.17) is 21.1 Å². The van der Waals surface area contributed by atoms with Gasteiger partial charge >= 0.3 is 0 Å². The zero-order chi connectivity index (χ0) is 16.1. The van der Waals surface area contributed by atoms with Gasteiger partial charge in [0, 0.05) is 45.9 Å². The van der Waals surface area contributed by atoms with Crippen molar-refractivity contribution in [2.24, 2.45) is 5.92 Å². The van der Waals surface area contributed by atoms with Gasteiger partial charge in [0.1, 0.15) is 18.2 Å². The summed E-state index contributed by atoms with van der Waals surface area (Å²) in [6, 6.07) is 4.23. The molecule has 1 aromatic carbocycles. The SMILES string of the molecule is Fc1ccc(OCCN2CCN(C[C@H]3CCOC3)CC2)c(Cl)c1. The minimum atomic E-state index is -0.342. The first-order valence-electron chi connectivity index (χ1n) is 8.31. The van der Waals surface area contributed by atoms with Crippen LogP contribution in [0, 0.1) is 11.7 Å². The summed E-state index contributed by atoms with van der Waals surface area (Å²) in [5.41, 5.74) is 0. The molecule has 2 heterocycles. The molecule has 2 fully saturated rings. The second-order valence-corrected chi connectivity index (χ2v) is 6.70. The lowest BCUT2D eigenvalue weighted by molar-refractivity contribution is 0.100. The highest BCUT2D eigenvalue weighted by atomic mass is 35.5. The molecule has 0 radical (unpaired) electrons. The number of ether oxygens (including phenoxy) is 2. The Morgan fingerprint density at radius 3 is 2.70 bits per heavy atom. The summed E-state index contributed by atoms with van der Waals surface area (Å²) in [6.07, 6.45) is 1.20. The number of hydrogen-bond acceptors (Lipinski definition) is 4. The van der Waals surface area contributed by atoms with Gasteiger partial charge in [0.25, 0.3) is 0 Å². The molecule has 2 aliphatic heterocycles. The summed E-state index contributed by atoms with van der Waals surface area (Å²) in [5.74, 6) is 0.921. The van der Waals surface area contributed by atoms with E-state index in [9.17, 15) is 4.39 Å². The van der Waals surface area contributed by atoms with Gasteiger partial charge in [-0.2, -0.15) is 0 Å². The average molecular weight is 343 g/mol. The van der Waals surface area contributed by atoms with Crippen LogP contribution in [0.25, 0.3) is 0 Å². The fourth-order valence-electron chi connectivity index (χ4n) is 3.16. The minimum Gasteiger partial charge on any atom is -0.491 e. The summed E-state index contributed by atoms with van der Waals surface area (Å²) in [7, 11) is 0. The molecule has 23 heavy (non-hydrogen) atoms. The summed E-state index contributed by atoms with van der Waals surface area (Å²) < 4.78 is 24.1. The molecule has 0 unspecified atom stereocenters. The molecule has 0 aromatic heterocycles. The lowest BCUT2D eigenvalue weighted by atomic mass is 10.1. The van der Waals surface area contributed by atoms with Crippen LogP contribution < -0.4 is 4.74 Å². The highest BCUT2D eigenvalue weighted by Gasteiger charge is 2.22. The predicted molar refractivity (Wildman–Crippen MR) is 88.7 cm³/mol. The van der Waals surface area contributed by atoms with Crippen LogP contribution in [-0.4, -0.2) is 68.9 Å². The molecule has 128 valence electrons. The molecular weight excluding hydrogens is 319 g/mol. The fourth-order valence-corrected chi connectivity index (χ4v) is 3.39. The van der Waals surface area contributed by atoms with Gasteiger partial charge in [-0.3, -0.25) is 4.90 Å². The van der Waals surface area contributed by atoms with E-state index in [0.29, 0.717) is 23.3 Å². The van der Waals surface area contributed by atoms with Crippen molar-refractivity contribution in [1.82, 2.24) is 9.80 Å². The van der Waals surface area contributed by atoms with Crippen molar-refractivity contribution in [1.29, 1.82) is 0 Å². The summed E-state index contributed by atoms with van der Waals surface area (Å²) in [5, 5.41) is 0.327. The molecule has 4 nitrogen and oxygen atoms in total.